The van der Waals surface area contributed by atoms with E-state index >= 15 is 0 Å². The number of benzene rings is 1. The molecular weight excluding hydrogens is 481 g/mol. The standard InChI is InChI=1S/C23H27ClIN3/c1-2-19(28-23-12-14-10-22(23,11-14)13-23)21(16-5-3-4-6-18(16)26)27-20-8-7-15(25)9-17(20)24/h2,7-9,14,19,28H,1,3-6,10-13,26H2/p+1. The number of quaternary nitrogens is 1. The third kappa shape index (κ3) is 2.98. The van der Waals surface area contributed by atoms with Crippen LogP contribution in [-0.2, 0) is 0 Å². The van der Waals surface area contributed by atoms with E-state index < -0.39 is 0 Å². The fourth-order valence-electron chi connectivity index (χ4n) is 6.28. The molecule has 28 heavy (non-hydrogen) atoms. The van der Waals surface area contributed by atoms with E-state index in [-0.39, 0.29) is 6.04 Å². The van der Waals surface area contributed by atoms with Crippen LogP contribution in [0.15, 0.2) is 47.1 Å². The first-order valence-electron chi connectivity index (χ1n) is 10.5. The minimum atomic E-state index is 0.140. The lowest BCUT2D eigenvalue weighted by Gasteiger charge is -2.27. The van der Waals surface area contributed by atoms with Gasteiger partial charge in [0.1, 0.15) is 17.3 Å². The van der Waals surface area contributed by atoms with Crippen LogP contribution in [0, 0.1) is 14.9 Å². The molecule has 1 aromatic carbocycles. The molecule has 0 saturated heterocycles. The summed E-state index contributed by atoms with van der Waals surface area (Å²) in [5.74, 6) is 0.959. The fraction of sp³-hybridized carbons (Fsp3) is 0.522. The van der Waals surface area contributed by atoms with Crippen LogP contribution in [0.2, 0.25) is 5.02 Å². The van der Waals surface area contributed by atoms with Gasteiger partial charge in [0.2, 0.25) is 0 Å². The summed E-state index contributed by atoms with van der Waals surface area (Å²) in [6, 6.07) is 6.20. The van der Waals surface area contributed by atoms with Gasteiger partial charge in [-0.3, -0.25) is 0 Å². The zero-order chi connectivity index (χ0) is 19.5. The number of aliphatic imine (C=N–C) groups is 1. The smallest absolute Gasteiger partial charge is 0.148 e. The van der Waals surface area contributed by atoms with Crippen LogP contribution in [-0.4, -0.2) is 17.3 Å². The molecule has 5 aliphatic carbocycles. The molecule has 148 valence electrons. The van der Waals surface area contributed by atoms with E-state index in [0.29, 0.717) is 16.0 Å². The van der Waals surface area contributed by atoms with Gasteiger partial charge in [-0.2, -0.15) is 0 Å². The highest BCUT2D eigenvalue weighted by Gasteiger charge is 2.82. The SMILES string of the molecule is C=CC([NH2+]C12CC3CC1(C3)C2)C(=Nc1ccc(I)cc1Cl)C1=C(N)CCCC1. The Morgan fingerprint density at radius 1 is 1.32 bits per heavy atom. The third-order valence-corrected chi connectivity index (χ3v) is 8.61. The van der Waals surface area contributed by atoms with Crippen molar-refractivity contribution in [2.45, 2.75) is 62.9 Å². The van der Waals surface area contributed by atoms with E-state index in [1.54, 1.807) is 0 Å². The van der Waals surface area contributed by atoms with Gasteiger partial charge in [-0.05, 0) is 96.9 Å². The van der Waals surface area contributed by atoms with Crippen molar-refractivity contribution in [2.24, 2.45) is 22.1 Å². The van der Waals surface area contributed by atoms with Crippen LogP contribution in [0.25, 0.3) is 0 Å². The van der Waals surface area contributed by atoms with Crippen molar-refractivity contribution in [1.29, 1.82) is 0 Å². The second-order valence-electron chi connectivity index (χ2n) is 9.32. The van der Waals surface area contributed by atoms with Gasteiger partial charge in [-0.15, -0.1) is 0 Å². The number of allylic oxidation sites excluding steroid dienone is 1. The molecule has 0 radical (unpaired) electrons. The quantitative estimate of drug-likeness (QED) is 0.322. The van der Waals surface area contributed by atoms with Crippen molar-refractivity contribution in [2.75, 3.05) is 0 Å². The van der Waals surface area contributed by atoms with Gasteiger partial charge in [-0.25, -0.2) is 4.99 Å². The zero-order valence-electron chi connectivity index (χ0n) is 16.2. The number of nitrogens with zero attached hydrogens (tertiary/aromatic N) is 1. The van der Waals surface area contributed by atoms with E-state index in [1.165, 1.54) is 44.1 Å². The summed E-state index contributed by atoms with van der Waals surface area (Å²) in [5.41, 5.74) is 11.7. The molecule has 5 heteroatoms. The second-order valence-corrected chi connectivity index (χ2v) is 11.0. The normalized spacial score (nSPS) is 34.6. The Hall–Kier alpha value is -0.850. The molecule has 1 aromatic rings. The second kappa shape index (κ2) is 6.85. The van der Waals surface area contributed by atoms with E-state index in [2.05, 4.69) is 46.6 Å². The van der Waals surface area contributed by atoms with Gasteiger partial charge in [-0.1, -0.05) is 18.2 Å². The van der Waals surface area contributed by atoms with Gasteiger partial charge in [0.25, 0.3) is 0 Å². The van der Waals surface area contributed by atoms with Crippen LogP contribution >= 0.6 is 34.2 Å². The van der Waals surface area contributed by atoms with Gasteiger partial charge >= 0.3 is 0 Å². The highest BCUT2D eigenvalue weighted by molar-refractivity contribution is 14.1. The van der Waals surface area contributed by atoms with Crippen molar-refractivity contribution in [1.82, 2.24) is 0 Å². The van der Waals surface area contributed by atoms with Crippen molar-refractivity contribution in [3.8, 4) is 0 Å². The van der Waals surface area contributed by atoms with Crippen LogP contribution in [0.5, 0.6) is 0 Å². The zero-order valence-corrected chi connectivity index (χ0v) is 19.1. The summed E-state index contributed by atoms with van der Waals surface area (Å²) in [5, 5.41) is 3.28. The van der Waals surface area contributed by atoms with Crippen LogP contribution in [0.4, 0.5) is 5.69 Å². The molecular formula is C23H28ClIN3+. The average Bonchev–Trinajstić information content (AvgIpc) is 3.06. The van der Waals surface area contributed by atoms with E-state index in [4.69, 9.17) is 22.3 Å². The first kappa shape index (κ1) is 19.1. The van der Waals surface area contributed by atoms with Gasteiger partial charge in [0, 0.05) is 27.5 Å². The van der Waals surface area contributed by atoms with Crippen molar-refractivity contribution < 1.29 is 5.32 Å². The number of hydrogen-bond acceptors (Lipinski definition) is 2. The summed E-state index contributed by atoms with van der Waals surface area (Å²) >= 11 is 8.82. The summed E-state index contributed by atoms with van der Waals surface area (Å²) < 4.78 is 1.12. The number of rotatable bonds is 6. The average molecular weight is 509 g/mol. The van der Waals surface area contributed by atoms with E-state index in [9.17, 15) is 0 Å². The van der Waals surface area contributed by atoms with E-state index in [1.807, 2.05) is 12.1 Å². The van der Waals surface area contributed by atoms with Gasteiger partial charge in [0.05, 0.1) is 10.7 Å². The maximum atomic E-state index is 6.54. The molecule has 0 aromatic heterocycles. The topological polar surface area (TPSA) is 55.0 Å². The molecule has 2 unspecified atom stereocenters. The predicted molar refractivity (Wildman–Crippen MR) is 124 cm³/mol. The Kier molecular flexibility index (Phi) is 4.68. The Morgan fingerprint density at radius 3 is 2.71 bits per heavy atom. The Labute approximate surface area is 186 Å². The highest BCUT2D eigenvalue weighted by atomic mass is 127. The van der Waals surface area contributed by atoms with Gasteiger partial charge < -0.3 is 11.1 Å². The third-order valence-electron chi connectivity index (χ3n) is 7.64. The fourth-order valence-corrected chi connectivity index (χ4v) is 7.17. The summed E-state index contributed by atoms with van der Waals surface area (Å²) in [6.07, 6.45) is 12.0. The summed E-state index contributed by atoms with van der Waals surface area (Å²) in [7, 11) is 0. The maximum absolute atomic E-state index is 6.54. The highest BCUT2D eigenvalue weighted by Crippen LogP contribution is 2.78. The molecule has 1 spiro atoms. The Morgan fingerprint density at radius 2 is 2.11 bits per heavy atom. The first-order chi connectivity index (χ1) is 13.5. The molecule has 0 heterocycles. The van der Waals surface area contributed by atoms with Crippen LogP contribution in [0.3, 0.4) is 0 Å². The first-order valence-corrected chi connectivity index (χ1v) is 11.9. The summed E-state index contributed by atoms with van der Waals surface area (Å²) in [4.78, 5) is 5.11. The van der Waals surface area contributed by atoms with Crippen LogP contribution < -0.4 is 11.1 Å². The molecule has 0 amide bonds. The molecule has 0 aliphatic heterocycles. The lowest BCUT2D eigenvalue weighted by Crippen LogP contribution is -2.98. The monoisotopic (exact) mass is 508 g/mol. The van der Waals surface area contributed by atoms with E-state index in [0.717, 1.165) is 39.4 Å². The number of halogens is 2. The lowest BCUT2D eigenvalue weighted by atomic mass is 9.77. The number of hydrogen-bond donors (Lipinski definition) is 2. The molecule has 4 fully saturated rings. The lowest BCUT2D eigenvalue weighted by molar-refractivity contribution is -0.715. The van der Waals surface area contributed by atoms with Crippen molar-refractivity contribution in [3.63, 3.8) is 0 Å². The molecule has 3 nitrogen and oxygen atoms in total. The minimum Gasteiger partial charge on any atom is -0.402 e. The Balaban J connectivity index is 1.53. The molecule has 5 aliphatic rings. The minimum absolute atomic E-state index is 0.140. The van der Waals surface area contributed by atoms with Crippen molar-refractivity contribution in [3.05, 3.63) is 50.7 Å². The molecule has 4 saturated carbocycles. The molecule has 2 bridgehead atoms. The molecule has 2 atom stereocenters. The summed E-state index contributed by atoms with van der Waals surface area (Å²) in [6.45, 7) is 4.20. The van der Waals surface area contributed by atoms with Crippen molar-refractivity contribution >= 4 is 45.6 Å². The number of nitrogens with two attached hydrogens (primary N) is 2. The van der Waals surface area contributed by atoms with Crippen LogP contribution in [0.1, 0.15) is 51.4 Å². The molecule has 6 rings (SSSR count). The predicted octanol–water partition coefficient (Wildman–Crippen LogP) is 4.86. The molecule has 4 N–H and O–H groups in total. The van der Waals surface area contributed by atoms with Gasteiger partial charge in [0.15, 0.2) is 0 Å². The maximum Gasteiger partial charge on any atom is 0.148 e. The largest absolute Gasteiger partial charge is 0.402 e. The Bertz CT molecular complexity index is 899.